The second kappa shape index (κ2) is 4.02. The fourth-order valence-corrected chi connectivity index (χ4v) is 1.33. The Morgan fingerprint density at radius 3 is 3.18 bits per heavy atom. The van der Waals surface area contributed by atoms with Crippen LogP contribution in [0.3, 0.4) is 0 Å². The molecule has 0 saturated heterocycles. The van der Waals surface area contributed by atoms with Crippen molar-refractivity contribution in [3.63, 3.8) is 0 Å². The maximum atomic E-state index is 5.64. The van der Waals surface area contributed by atoms with Crippen LogP contribution in [-0.4, -0.2) is 11.9 Å². The standard InChI is InChI=1S/C9H14N2/c1-2-5-8-6-3-4-7-9(10)11-8/h1,8H,3-7H2,(H2,10,11). The molecule has 0 aliphatic carbocycles. The van der Waals surface area contributed by atoms with Gasteiger partial charge in [0.25, 0.3) is 0 Å². The molecule has 60 valence electrons. The van der Waals surface area contributed by atoms with Gasteiger partial charge in [0, 0.05) is 12.8 Å². The van der Waals surface area contributed by atoms with Crippen molar-refractivity contribution in [3.8, 4) is 12.3 Å². The summed E-state index contributed by atoms with van der Waals surface area (Å²) >= 11 is 0. The predicted octanol–water partition coefficient (Wildman–Crippen LogP) is 1.31. The third kappa shape index (κ3) is 2.63. The van der Waals surface area contributed by atoms with Crippen LogP contribution in [-0.2, 0) is 0 Å². The van der Waals surface area contributed by atoms with E-state index >= 15 is 0 Å². The highest BCUT2D eigenvalue weighted by molar-refractivity contribution is 5.80. The highest BCUT2D eigenvalue weighted by atomic mass is 14.9. The first-order chi connectivity index (χ1) is 5.33. The molecule has 0 aromatic heterocycles. The van der Waals surface area contributed by atoms with Crippen LogP contribution in [0.5, 0.6) is 0 Å². The average Bonchev–Trinajstić information content (AvgIpc) is 2.15. The minimum Gasteiger partial charge on any atom is -0.387 e. The van der Waals surface area contributed by atoms with Crippen molar-refractivity contribution in [2.75, 3.05) is 0 Å². The summed E-state index contributed by atoms with van der Waals surface area (Å²) in [6.45, 7) is 0. The first kappa shape index (κ1) is 8.13. The summed E-state index contributed by atoms with van der Waals surface area (Å²) < 4.78 is 0. The van der Waals surface area contributed by atoms with E-state index < -0.39 is 0 Å². The van der Waals surface area contributed by atoms with Gasteiger partial charge in [0.2, 0.25) is 0 Å². The smallest absolute Gasteiger partial charge is 0.0940 e. The SMILES string of the molecule is C#CCC1CCCCC(N)=N1. The highest BCUT2D eigenvalue weighted by Gasteiger charge is 2.09. The van der Waals surface area contributed by atoms with Gasteiger partial charge in [-0.05, 0) is 12.8 Å². The van der Waals surface area contributed by atoms with E-state index in [9.17, 15) is 0 Å². The molecule has 0 aromatic rings. The molecular formula is C9H14N2. The normalized spacial score (nSPS) is 25.0. The molecular weight excluding hydrogens is 136 g/mol. The Kier molecular flexibility index (Phi) is 2.97. The van der Waals surface area contributed by atoms with E-state index in [1.165, 1.54) is 6.42 Å². The Morgan fingerprint density at radius 1 is 1.64 bits per heavy atom. The van der Waals surface area contributed by atoms with E-state index in [2.05, 4.69) is 10.9 Å². The van der Waals surface area contributed by atoms with Crippen molar-refractivity contribution in [2.45, 2.75) is 38.1 Å². The molecule has 11 heavy (non-hydrogen) atoms. The Morgan fingerprint density at radius 2 is 2.45 bits per heavy atom. The lowest BCUT2D eigenvalue weighted by Crippen LogP contribution is -2.13. The van der Waals surface area contributed by atoms with Crippen LogP contribution in [0, 0.1) is 12.3 Å². The lowest BCUT2D eigenvalue weighted by Gasteiger charge is -2.04. The molecule has 0 spiro atoms. The third-order valence-corrected chi connectivity index (χ3v) is 1.92. The first-order valence-electron chi connectivity index (χ1n) is 4.08. The van der Waals surface area contributed by atoms with Crippen molar-refractivity contribution in [1.82, 2.24) is 0 Å². The monoisotopic (exact) mass is 150 g/mol. The highest BCUT2D eigenvalue weighted by Crippen LogP contribution is 2.14. The van der Waals surface area contributed by atoms with Gasteiger partial charge in [0.1, 0.15) is 0 Å². The van der Waals surface area contributed by atoms with Crippen molar-refractivity contribution in [2.24, 2.45) is 10.7 Å². The lowest BCUT2D eigenvalue weighted by atomic mass is 10.1. The number of hydrogen-bond donors (Lipinski definition) is 1. The fraction of sp³-hybridized carbons (Fsp3) is 0.667. The van der Waals surface area contributed by atoms with Crippen LogP contribution in [0.1, 0.15) is 32.1 Å². The zero-order valence-electron chi connectivity index (χ0n) is 6.71. The largest absolute Gasteiger partial charge is 0.387 e. The van der Waals surface area contributed by atoms with Gasteiger partial charge in [-0.25, -0.2) is 0 Å². The van der Waals surface area contributed by atoms with Crippen molar-refractivity contribution < 1.29 is 0 Å². The number of aliphatic imine (C=N–C) groups is 1. The van der Waals surface area contributed by atoms with Gasteiger partial charge in [-0.3, -0.25) is 4.99 Å². The molecule has 0 bridgehead atoms. The van der Waals surface area contributed by atoms with Gasteiger partial charge in [-0.15, -0.1) is 12.3 Å². The van der Waals surface area contributed by atoms with Gasteiger partial charge in [0.15, 0.2) is 0 Å². The van der Waals surface area contributed by atoms with E-state index in [-0.39, 0.29) is 0 Å². The van der Waals surface area contributed by atoms with Crippen LogP contribution in [0.15, 0.2) is 4.99 Å². The number of amidine groups is 1. The number of hydrogen-bond acceptors (Lipinski definition) is 2. The van der Waals surface area contributed by atoms with Gasteiger partial charge in [0.05, 0.1) is 11.9 Å². The maximum absolute atomic E-state index is 5.64. The molecule has 0 saturated carbocycles. The summed E-state index contributed by atoms with van der Waals surface area (Å²) in [5.41, 5.74) is 5.64. The first-order valence-corrected chi connectivity index (χ1v) is 4.08. The van der Waals surface area contributed by atoms with Crippen LogP contribution in [0.4, 0.5) is 0 Å². The summed E-state index contributed by atoms with van der Waals surface area (Å²) in [6, 6.07) is 0.294. The Labute approximate surface area is 67.9 Å². The molecule has 1 aliphatic heterocycles. The predicted molar refractivity (Wildman–Crippen MR) is 47.3 cm³/mol. The average molecular weight is 150 g/mol. The van der Waals surface area contributed by atoms with E-state index in [4.69, 9.17) is 12.2 Å². The van der Waals surface area contributed by atoms with Gasteiger partial charge in [-0.2, -0.15) is 0 Å². The van der Waals surface area contributed by atoms with Crippen LogP contribution < -0.4 is 5.73 Å². The van der Waals surface area contributed by atoms with Crippen LogP contribution >= 0.6 is 0 Å². The molecule has 1 atom stereocenters. The molecule has 0 fully saturated rings. The molecule has 2 heteroatoms. The zero-order valence-corrected chi connectivity index (χ0v) is 6.71. The molecule has 1 aliphatic rings. The van der Waals surface area contributed by atoms with Crippen LogP contribution in [0.2, 0.25) is 0 Å². The Hall–Kier alpha value is -0.970. The molecule has 0 amide bonds. The molecule has 0 radical (unpaired) electrons. The van der Waals surface area contributed by atoms with Crippen molar-refractivity contribution >= 4 is 5.84 Å². The summed E-state index contributed by atoms with van der Waals surface area (Å²) in [7, 11) is 0. The summed E-state index contributed by atoms with van der Waals surface area (Å²) in [5.74, 6) is 3.40. The Bertz CT molecular complexity index is 188. The topological polar surface area (TPSA) is 38.4 Å². The zero-order chi connectivity index (χ0) is 8.10. The molecule has 0 aromatic carbocycles. The minimum atomic E-state index is 0.294. The second-order valence-electron chi connectivity index (χ2n) is 2.93. The molecule has 2 nitrogen and oxygen atoms in total. The Balaban J connectivity index is 2.51. The fourth-order valence-electron chi connectivity index (χ4n) is 1.33. The number of nitrogens with zero attached hydrogens (tertiary/aromatic N) is 1. The van der Waals surface area contributed by atoms with Gasteiger partial charge in [-0.1, -0.05) is 6.42 Å². The molecule has 2 N–H and O–H groups in total. The van der Waals surface area contributed by atoms with E-state index in [1.807, 2.05) is 0 Å². The quantitative estimate of drug-likeness (QED) is 0.562. The van der Waals surface area contributed by atoms with E-state index in [1.54, 1.807) is 0 Å². The third-order valence-electron chi connectivity index (χ3n) is 1.92. The molecule has 1 rings (SSSR count). The number of rotatable bonds is 1. The van der Waals surface area contributed by atoms with Gasteiger partial charge < -0.3 is 5.73 Å². The minimum absolute atomic E-state index is 0.294. The maximum Gasteiger partial charge on any atom is 0.0940 e. The van der Waals surface area contributed by atoms with Crippen molar-refractivity contribution in [3.05, 3.63) is 0 Å². The van der Waals surface area contributed by atoms with Crippen LogP contribution in [0.25, 0.3) is 0 Å². The molecule has 1 unspecified atom stereocenters. The number of nitrogens with two attached hydrogens (primary N) is 1. The van der Waals surface area contributed by atoms with Gasteiger partial charge >= 0.3 is 0 Å². The number of terminal acetylenes is 1. The summed E-state index contributed by atoms with van der Waals surface area (Å²) in [4.78, 5) is 4.32. The van der Waals surface area contributed by atoms with E-state index in [0.29, 0.717) is 6.04 Å². The lowest BCUT2D eigenvalue weighted by molar-refractivity contribution is 0.602. The summed E-state index contributed by atoms with van der Waals surface area (Å²) in [6.07, 6.45) is 10.3. The van der Waals surface area contributed by atoms with E-state index in [0.717, 1.165) is 31.5 Å². The molecule has 1 heterocycles. The van der Waals surface area contributed by atoms with Crippen molar-refractivity contribution in [1.29, 1.82) is 0 Å². The summed E-state index contributed by atoms with van der Waals surface area (Å²) in [5, 5.41) is 0. The second-order valence-corrected chi connectivity index (χ2v) is 2.93.